The molecule has 0 radical (unpaired) electrons. The van der Waals surface area contributed by atoms with Gasteiger partial charge in [0.1, 0.15) is 11.8 Å². The third-order valence-electron chi connectivity index (χ3n) is 4.36. The van der Waals surface area contributed by atoms with Crippen molar-refractivity contribution in [1.29, 1.82) is 0 Å². The number of carbonyl (C=O) groups excluding carboxylic acids is 2. The van der Waals surface area contributed by atoms with Crippen molar-refractivity contribution < 1.29 is 14.3 Å². The summed E-state index contributed by atoms with van der Waals surface area (Å²) in [6.07, 6.45) is 0. The van der Waals surface area contributed by atoms with Gasteiger partial charge >= 0.3 is 0 Å². The summed E-state index contributed by atoms with van der Waals surface area (Å²) in [7, 11) is 0. The van der Waals surface area contributed by atoms with Crippen LogP contribution in [0.25, 0.3) is 11.4 Å². The van der Waals surface area contributed by atoms with Crippen molar-refractivity contribution in [2.24, 2.45) is 0 Å². The Morgan fingerprint density at radius 3 is 2.78 bits per heavy atom. The minimum Gasteiger partial charge on any atom is -0.482 e. The van der Waals surface area contributed by atoms with Gasteiger partial charge in [0.25, 0.3) is 5.91 Å². The Morgan fingerprint density at radius 1 is 1.22 bits per heavy atom. The Labute approximate surface area is 155 Å². The average molecular weight is 363 g/mol. The number of anilines is 1. The second-order valence-electron chi connectivity index (χ2n) is 6.39. The molecule has 1 aliphatic heterocycles. The van der Waals surface area contributed by atoms with Crippen LogP contribution >= 0.6 is 0 Å². The lowest BCUT2D eigenvalue weighted by molar-refractivity contribution is -0.118. The van der Waals surface area contributed by atoms with Crippen LogP contribution in [-0.4, -0.2) is 38.5 Å². The highest BCUT2D eigenvalue weighted by molar-refractivity contribution is 6.02. The van der Waals surface area contributed by atoms with Crippen molar-refractivity contribution in [3.05, 3.63) is 53.6 Å². The maximum atomic E-state index is 12.8. The number of fused-ring (bicyclic) bond motifs is 1. The first-order valence-electron chi connectivity index (χ1n) is 8.49. The van der Waals surface area contributed by atoms with Gasteiger partial charge in [0.2, 0.25) is 5.82 Å². The molecule has 1 N–H and O–H groups in total. The molecule has 1 amide bonds. The van der Waals surface area contributed by atoms with Crippen molar-refractivity contribution in [3.63, 3.8) is 0 Å². The van der Waals surface area contributed by atoms with Crippen LogP contribution in [0.1, 0.15) is 28.9 Å². The Hall–Kier alpha value is -3.55. The van der Waals surface area contributed by atoms with Crippen molar-refractivity contribution in [2.45, 2.75) is 19.9 Å². The fraction of sp³-hybridized carbons (Fsp3) is 0.211. The van der Waals surface area contributed by atoms with Crippen molar-refractivity contribution in [2.75, 3.05) is 11.9 Å². The normalized spacial score (nSPS) is 14.1. The van der Waals surface area contributed by atoms with Gasteiger partial charge in [0.05, 0.1) is 5.69 Å². The molecule has 8 nitrogen and oxygen atoms in total. The van der Waals surface area contributed by atoms with Gasteiger partial charge in [-0.2, -0.15) is 4.80 Å². The van der Waals surface area contributed by atoms with Crippen LogP contribution < -0.4 is 10.1 Å². The van der Waals surface area contributed by atoms with Crippen molar-refractivity contribution in [1.82, 2.24) is 20.2 Å². The molecule has 0 fully saturated rings. The van der Waals surface area contributed by atoms with Crippen LogP contribution in [0, 0.1) is 6.92 Å². The summed E-state index contributed by atoms with van der Waals surface area (Å²) >= 11 is 0. The van der Waals surface area contributed by atoms with Crippen molar-refractivity contribution in [3.8, 4) is 17.1 Å². The minimum atomic E-state index is -0.644. The van der Waals surface area contributed by atoms with Gasteiger partial charge in [0.15, 0.2) is 12.4 Å². The Morgan fingerprint density at radius 2 is 2.00 bits per heavy atom. The third kappa shape index (κ3) is 3.29. The number of aromatic nitrogens is 4. The predicted molar refractivity (Wildman–Crippen MR) is 97.6 cm³/mol. The van der Waals surface area contributed by atoms with Crippen LogP contribution in [0.3, 0.4) is 0 Å². The summed E-state index contributed by atoms with van der Waals surface area (Å²) in [6.45, 7) is 3.68. The summed E-state index contributed by atoms with van der Waals surface area (Å²) in [5.41, 5.74) is 2.88. The molecule has 0 bridgehead atoms. The molecule has 3 aromatic rings. The summed E-state index contributed by atoms with van der Waals surface area (Å²) < 4.78 is 5.31. The number of Topliss-reactive ketones (excluding diaryl/α,β-unsaturated/α-hetero) is 1. The number of benzene rings is 2. The lowest BCUT2D eigenvalue weighted by Crippen LogP contribution is -2.26. The van der Waals surface area contributed by atoms with E-state index in [0.717, 1.165) is 11.1 Å². The highest BCUT2D eigenvalue weighted by Crippen LogP contribution is 2.29. The molecule has 136 valence electrons. The maximum absolute atomic E-state index is 12.8. The van der Waals surface area contributed by atoms with E-state index in [4.69, 9.17) is 4.74 Å². The fourth-order valence-electron chi connectivity index (χ4n) is 2.79. The van der Waals surface area contributed by atoms with Gasteiger partial charge in [-0.1, -0.05) is 29.8 Å². The molecule has 1 aromatic heterocycles. The molecule has 0 saturated carbocycles. The molecule has 8 heteroatoms. The van der Waals surface area contributed by atoms with Gasteiger partial charge in [0, 0.05) is 11.1 Å². The number of amides is 1. The standard InChI is InChI=1S/C19H17N5O3/c1-11-3-5-13(6-4-11)19-21-23-24(22-19)12(2)18(26)14-7-8-16-15(9-14)20-17(25)10-27-16/h3-9,12H,10H2,1-2H3,(H,20,25). The van der Waals surface area contributed by atoms with Gasteiger partial charge in [-0.3, -0.25) is 9.59 Å². The number of tetrazole rings is 1. The Kier molecular flexibility index (Phi) is 4.15. The maximum Gasteiger partial charge on any atom is 0.262 e. The topological polar surface area (TPSA) is 99.0 Å². The van der Waals surface area contributed by atoms with Gasteiger partial charge in [-0.25, -0.2) is 0 Å². The van der Waals surface area contributed by atoms with E-state index < -0.39 is 6.04 Å². The van der Waals surface area contributed by atoms with E-state index in [9.17, 15) is 9.59 Å². The van der Waals surface area contributed by atoms with Gasteiger partial charge < -0.3 is 10.1 Å². The van der Waals surface area contributed by atoms with E-state index in [2.05, 4.69) is 20.7 Å². The lowest BCUT2D eigenvalue weighted by Gasteiger charge is -2.18. The first-order chi connectivity index (χ1) is 13.0. The molecule has 0 spiro atoms. The number of hydrogen-bond donors (Lipinski definition) is 1. The quantitative estimate of drug-likeness (QED) is 0.715. The average Bonchev–Trinajstić information content (AvgIpc) is 3.17. The van der Waals surface area contributed by atoms with E-state index in [1.165, 1.54) is 4.80 Å². The van der Waals surface area contributed by atoms with Crippen LogP contribution in [0.15, 0.2) is 42.5 Å². The molecule has 0 aliphatic carbocycles. The molecule has 0 saturated heterocycles. The monoisotopic (exact) mass is 363 g/mol. The van der Waals surface area contributed by atoms with E-state index in [1.807, 2.05) is 31.2 Å². The summed E-state index contributed by atoms with van der Waals surface area (Å²) in [4.78, 5) is 25.6. The fourth-order valence-corrected chi connectivity index (χ4v) is 2.79. The van der Waals surface area contributed by atoms with E-state index >= 15 is 0 Å². The Bertz CT molecular complexity index is 1030. The molecule has 27 heavy (non-hydrogen) atoms. The van der Waals surface area contributed by atoms with E-state index in [1.54, 1.807) is 25.1 Å². The van der Waals surface area contributed by atoms with Crippen molar-refractivity contribution >= 4 is 17.4 Å². The van der Waals surface area contributed by atoms with Crippen LogP contribution in [0.5, 0.6) is 5.75 Å². The first kappa shape index (κ1) is 16.9. The smallest absolute Gasteiger partial charge is 0.262 e. The van der Waals surface area contributed by atoms with Crippen LogP contribution in [0.4, 0.5) is 5.69 Å². The summed E-state index contributed by atoms with van der Waals surface area (Å²) in [6, 6.07) is 12.0. The highest BCUT2D eigenvalue weighted by Gasteiger charge is 2.23. The highest BCUT2D eigenvalue weighted by atomic mass is 16.5. The zero-order valence-corrected chi connectivity index (χ0v) is 14.8. The number of ketones is 1. The molecule has 1 atom stereocenters. The molecular formula is C19H17N5O3. The first-order valence-corrected chi connectivity index (χ1v) is 8.49. The van der Waals surface area contributed by atoms with Crippen LogP contribution in [0.2, 0.25) is 0 Å². The zero-order chi connectivity index (χ0) is 19.0. The largest absolute Gasteiger partial charge is 0.482 e. The molecule has 4 rings (SSSR count). The van der Waals surface area contributed by atoms with Crippen LogP contribution in [-0.2, 0) is 4.79 Å². The number of hydrogen-bond acceptors (Lipinski definition) is 6. The van der Waals surface area contributed by atoms with E-state index in [-0.39, 0.29) is 18.3 Å². The number of carbonyl (C=O) groups is 2. The molecule has 2 heterocycles. The molecule has 1 unspecified atom stereocenters. The number of nitrogens with one attached hydrogen (secondary N) is 1. The van der Waals surface area contributed by atoms with Gasteiger partial charge in [-0.05, 0) is 37.3 Å². The summed E-state index contributed by atoms with van der Waals surface area (Å²) in [5.74, 6) is 0.561. The number of rotatable bonds is 4. The second-order valence-corrected chi connectivity index (χ2v) is 6.39. The molecule has 1 aliphatic rings. The number of ether oxygens (including phenoxy) is 1. The predicted octanol–water partition coefficient (Wildman–Crippen LogP) is 2.42. The minimum absolute atomic E-state index is 0.0264. The zero-order valence-electron chi connectivity index (χ0n) is 14.8. The lowest BCUT2D eigenvalue weighted by atomic mass is 10.0. The number of aryl methyl sites for hydroxylation is 1. The Balaban J connectivity index is 1.57. The molecular weight excluding hydrogens is 346 g/mol. The summed E-state index contributed by atoms with van der Waals surface area (Å²) in [5, 5.41) is 15.1. The number of nitrogens with zero attached hydrogens (tertiary/aromatic N) is 4. The van der Waals surface area contributed by atoms with Gasteiger partial charge in [-0.15, -0.1) is 10.2 Å². The molecule has 2 aromatic carbocycles. The third-order valence-corrected chi connectivity index (χ3v) is 4.36. The van der Waals surface area contributed by atoms with E-state index in [0.29, 0.717) is 22.8 Å². The SMILES string of the molecule is Cc1ccc(-c2nnn(C(C)C(=O)c3ccc4c(c3)NC(=O)CO4)n2)cc1. The second kappa shape index (κ2) is 6.64.